The van der Waals surface area contributed by atoms with Gasteiger partial charge < -0.3 is 10.0 Å². The zero-order chi connectivity index (χ0) is 15.4. The Morgan fingerprint density at radius 2 is 1.82 bits per heavy atom. The summed E-state index contributed by atoms with van der Waals surface area (Å²) in [5.74, 6) is -0.795. The average molecular weight is 347 g/mol. The fourth-order valence-corrected chi connectivity index (χ4v) is 2.63. The molecule has 0 spiro atoms. The van der Waals surface area contributed by atoms with Crippen LogP contribution in [0.15, 0.2) is 24.3 Å². The Morgan fingerprint density at radius 1 is 1.23 bits per heavy atom. The van der Waals surface area contributed by atoms with Crippen LogP contribution in [0.25, 0.3) is 0 Å². The van der Waals surface area contributed by atoms with Crippen molar-refractivity contribution in [3.05, 3.63) is 34.9 Å². The number of benzene rings is 1. The van der Waals surface area contributed by atoms with Gasteiger partial charge in [0.1, 0.15) is 6.04 Å². The SMILES string of the molecule is CC(C(=O)O)N1CCN(C(=O)Cc2ccccc2Cl)CC1.Cl. The number of amides is 1. The number of hydrogen-bond acceptors (Lipinski definition) is 3. The van der Waals surface area contributed by atoms with E-state index in [1.54, 1.807) is 17.9 Å². The first-order valence-electron chi connectivity index (χ1n) is 6.97. The Morgan fingerprint density at radius 3 is 2.36 bits per heavy atom. The number of carbonyl (C=O) groups excluding carboxylic acids is 1. The van der Waals surface area contributed by atoms with E-state index in [0.717, 1.165) is 5.56 Å². The predicted octanol–water partition coefficient (Wildman–Crippen LogP) is 1.92. The molecule has 0 radical (unpaired) electrons. The number of carboxylic acids is 1. The summed E-state index contributed by atoms with van der Waals surface area (Å²) in [4.78, 5) is 26.9. The molecule has 1 unspecified atom stereocenters. The van der Waals surface area contributed by atoms with Crippen LogP contribution >= 0.6 is 24.0 Å². The van der Waals surface area contributed by atoms with Crippen LogP contribution in [0.5, 0.6) is 0 Å². The third kappa shape index (κ3) is 4.60. The van der Waals surface area contributed by atoms with E-state index in [4.69, 9.17) is 16.7 Å². The third-order valence-corrected chi connectivity index (χ3v) is 4.24. The molecule has 22 heavy (non-hydrogen) atoms. The van der Waals surface area contributed by atoms with E-state index in [9.17, 15) is 9.59 Å². The van der Waals surface area contributed by atoms with E-state index in [2.05, 4.69) is 0 Å². The van der Waals surface area contributed by atoms with Crippen molar-refractivity contribution in [2.24, 2.45) is 0 Å². The van der Waals surface area contributed by atoms with Crippen LogP contribution < -0.4 is 0 Å². The van der Waals surface area contributed by atoms with Crippen LogP contribution in [-0.4, -0.2) is 59.0 Å². The van der Waals surface area contributed by atoms with Crippen molar-refractivity contribution < 1.29 is 14.7 Å². The Hall–Kier alpha value is -1.30. The summed E-state index contributed by atoms with van der Waals surface area (Å²) in [5, 5.41) is 9.60. The van der Waals surface area contributed by atoms with Gasteiger partial charge in [-0.25, -0.2) is 0 Å². The molecule has 2 rings (SSSR count). The molecule has 7 heteroatoms. The van der Waals surface area contributed by atoms with Gasteiger partial charge in [-0.05, 0) is 18.6 Å². The average Bonchev–Trinajstić information content (AvgIpc) is 2.49. The molecule has 1 aromatic rings. The maximum absolute atomic E-state index is 12.3. The lowest BCUT2D eigenvalue weighted by Crippen LogP contribution is -2.53. The van der Waals surface area contributed by atoms with Gasteiger partial charge in [-0.3, -0.25) is 14.5 Å². The molecular formula is C15H20Cl2N2O3. The Bertz CT molecular complexity index is 531. The van der Waals surface area contributed by atoms with Crippen molar-refractivity contribution in [3.63, 3.8) is 0 Å². The molecule has 1 amide bonds. The molecular weight excluding hydrogens is 327 g/mol. The summed E-state index contributed by atoms with van der Waals surface area (Å²) < 4.78 is 0. The highest BCUT2D eigenvalue weighted by Gasteiger charge is 2.27. The molecule has 1 N–H and O–H groups in total. The number of carbonyl (C=O) groups is 2. The molecule has 122 valence electrons. The molecule has 1 aliphatic rings. The normalized spacial score (nSPS) is 16.7. The minimum absolute atomic E-state index is 0. The number of halogens is 2. The van der Waals surface area contributed by atoms with Gasteiger partial charge in [-0.1, -0.05) is 29.8 Å². The first-order valence-corrected chi connectivity index (χ1v) is 7.35. The molecule has 0 aromatic heterocycles. The van der Waals surface area contributed by atoms with Gasteiger partial charge in [0.25, 0.3) is 0 Å². The number of hydrogen-bond donors (Lipinski definition) is 1. The van der Waals surface area contributed by atoms with Crippen molar-refractivity contribution in [3.8, 4) is 0 Å². The number of aliphatic carboxylic acids is 1. The Kier molecular flexibility index (Phi) is 7.13. The Balaban J connectivity index is 0.00000242. The topological polar surface area (TPSA) is 60.9 Å². The van der Waals surface area contributed by atoms with Crippen LogP contribution in [0, 0.1) is 0 Å². The zero-order valence-electron chi connectivity index (χ0n) is 12.4. The zero-order valence-corrected chi connectivity index (χ0v) is 13.9. The molecule has 1 aromatic carbocycles. The summed E-state index contributed by atoms with van der Waals surface area (Å²) in [6, 6.07) is 6.81. The first-order chi connectivity index (χ1) is 9.99. The van der Waals surface area contributed by atoms with Crippen LogP contribution in [0.3, 0.4) is 0 Å². The van der Waals surface area contributed by atoms with E-state index in [1.807, 2.05) is 23.1 Å². The number of piperazine rings is 1. The summed E-state index contributed by atoms with van der Waals surface area (Å²) in [6.45, 7) is 3.95. The number of rotatable bonds is 4. The lowest BCUT2D eigenvalue weighted by molar-refractivity contribution is -0.144. The molecule has 1 fully saturated rings. The van der Waals surface area contributed by atoms with Crippen molar-refractivity contribution in [2.45, 2.75) is 19.4 Å². The van der Waals surface area contributed by atoms with Crippen LogP contribution in [0.4, 0.5) is 0 Å². The number of nitrogens with zero attached hydrogens (tertiary/aromatic N) is 2. The molecule has 0 saturated carbocycles. The standard InChI is InChI=1S/C15H19ClN2O3.ClH/c1-11(15(20)21)17-6-8-18(9-7-17)14(19)10-12-4-2-3-5-13(12)16;/h2-5,11H,6-10H2,1H3,(H,20,21);1H. The third-order valence-electron chi connectivity index (χ3n) is 3.87. The van der Waals surface area contributed by atoms with Gasteiger partial charge in [-0.2, -0.15) is 0 Å². The van der Waals surface area contributed by atoms with Crippen molar-refractivity contribution in [1.29, 1.82) is 0 Å². The number of carboxylic acid groups (broad SMARTS) is 1. The minimum atomic E-state index is -0.828. The van der Waals surface area contributed by atoms with Gasteiger partial charge in [-0.15, -0.1) is 12.4 Å². The van der Waals surface area contributed by atoms with Crippen LogP contribution in [0.1, 0.15) is 12.5 Å². The minimum Gasteiger partial charge on any atom is -0.480 e. The fourth-order valence-electron chi connectivity index (χ4n) is 2.43. The molecule has 5 nitrogen and oxygen atoms in total. The summed E-state index contributed by atoms with van der Waals surface area (Å²) >= 11 is 6.06. The second-order valence-corrected chi connectivity index (χ2v) is 5.61. The van der Waals surface area contributed by atoms with Crippen LogP contribution in [0.2, 0.25) is 5.02 Å². The fraction of sp³-hybridized carbons (Fsp3) is 0.467. The maximum Gasteiger partial charge on any atom is 0.320 e. The van der Waals surface area contributed by atoms with Crippen LogP contribution in [-0.2, 0) is 16.0 Å². The summed E-state index contributed by atoms with van der Waals surface area (Å²) in [5.41, 5.74) is 0.825. The van der Waals surface area contributed by atoms with Gasteiger partial charge >= 0.3 is 5.97 Å². The largest absolute Gasteiger partial charge is 0.480 e. The predicted molar refractivity (Wildman–Crippen MR) is 87.7 cm³/mol. The quantitative estimate of drug-likeness (QED) is 0.904. The van der Waals surface area contributed by atoms with Crippen molar-refractivity contribution in [1.82, 2.24) is 9.80 Å². The van der Waals surface area contributed by atoms with E-state index < -0.39 is 12.0 Å². The summed E-state index contributed by atoms with van der Waals surface area (Å²) in [6.07, 6.45) is 0.286. The molecule has 1 atom stereocenters. The highest BCUT2D eigenvalue weighted by Crippen LogP contribution is 2.17. The molecule has 1 heterocycles. The summed E-state index contributed by atoms with van der Waals surface area (Å²) in [7, 11) is 0. The lowest BCUT2D eigenvalue weighted by atomic mass is 10.1. The van der Waals surface area contributed by atoms with Gasteiger partial charge in [0.05, 0.1) is 6.42 Å². The second kappa shape index (κ2) is 8.36. The molecule has 1 saturated heterocycles. The Labute approximate surface area is 141 Å². The smallest absolute Gasteiger partial charge is 0.320 e. The van der Waals surface area contributed by atoms with Gasteiger partial charge in [0, 0.05) is 31.2 Å². The molecule has 1 aliphatic heterocycles. The van der Waals surface area contributed by atoms with E-state index in [0.29, 0.717) is 31.2 Å². The maximum atomic E-state index is 12.3. The van der Waals surface area contributed by atoms with E-state index >= 15 is 0 Å². The van der Waals surface area contributed by atoms with Gasteiger partial charge in [0.15, 0.2) is 0 Å². The highest BCUT2D eigenvalue weighted by atomic mass is 35.5. The lowest BCUT2D eigenvalue weighted by Gasteiger charge is -2.36. The highest BCUT2D eigenvalue weighted by molar-refractivity contribution is 6.31. The van der Waals surface area contributed by atoms with Crippen molar-refractivity contribution in [2.75, 3.05) is 26.2 Å². The van der Waals surface area contributed by atoms with Gasteiger partial charge in [0.2, 0.25) is 5.91 Å². The second-order valence-electron chi connectivity index (χ2n) is 5.20. The molecule has 0 bridgehead atoms. The van der Waals surface area contributed by atoms with E-state index in [1.165, 1.54) is 0 Å². The van der Waals surface area contributed by atoms with Crippen molar-refractivity contribution >= 4 is 35.9 Å². The monoisotopic (exact) mass is 346 g/mol. The first kappa shape index (κ1) is 18.7. The van der Waals surface area contributed by atoms with E-state index in [-0.39, 0.29) is 24.7 Å². The molecule has 0 aliphatic carbocycles.